The normalized spacial score (nSPS) is 18.6. The maximum atomic E-state index is 13.0. The highest BCUT2D eigenvalue weighted by Gasteiger charge is 2.36. The van der Waals surface area contributed by atoms with Crippen LogP contribution >= 0.6 is 0 Å². The molecule has 0 bridgehead atoms. The zero-order chi connectivity index (χ0) is 19.7. The maximum absolute atomic E-state index is 13.0. The molecule has 0 aliphatic carbocycles. The highest BCUT2D eigenvalue weighted by atomic mass is 19.4. The lowest BCUT2D eigenvalue weighted by Gasteiger charge is -2.32. The Hall–Kier alpha value is -2.93. The van der Waals surface area contributed by atoms with Crippen molar-refractivity contribution in [3.8, 4) is 0 Å². The summed E-state index contributed by atoms with van der Waals surface area (Å²) >= 11 is 0. The van der Waals surface area contributed by atoms with Gasteiger partial charge >= 0.3 is 6.18 Å². The van der Waals surface area contributed by atoms with Gasteiger partial charge in [-0.2, -0.15) is 13.2 Å². The summed E-state index contributed by atoms with van der Waals surface area (Å²) in [7, 11) is 0. The first-order valence-electron chi connectivity index (χ1n) is 8.44. The number of alkyl halides is 3. The topological polar surface area (TPSA) is 121 Å². The van der Waals surface area contributed by atoms with Crippen LogP contribution in [-0.2, 0) is 24.0 Å². The van der Waals surface area contributed by atoms with Crippen molar-refractivity contribution in [1.29, 1.82) is 0 Å². The van der Waals surface area contributed by atoms with Crippen LogP contribution in [0.4, 0.5) is 19.0 Å². The first-order chi connectivity index (χ1) is 13.4. The lowest BCUT2D eigenvalue weighted by Crippen LogP contribution is -2.44. The van der Waals surface area contributed by atoms with Gasteiger partial charge in [-0.3, -0.25) is 4.90 Å². The minimum Gasteiger partial charge on any atom is -0.382 e. The predicted octanol–water partition coefficient (Wildman–Crippen LogP) is 0.513. The molecule has 0 aromatic carbocycles. The second-order valence-corrected chi connectivity index (χ2v) is 6.27. The first kappa shape index (κ1) is 18.4. The molecule has 1 atom stereocenters. The van der Waals surface area contributed by atoms with Crippen molar-refractivity contribution in [1.82, 2.24) is 39.8 Å². The Morgan fingerprint density at radius 3 is 2.75 bits per heavy atom. The van der Waals surface area contributed by atoms with Crippen molar-refractivity contribution in [2.45, 2.75) is 25.4 Å². The molecule has 0 saturated carbocycles. The van der Waals surface area contributed by atoms with Gasteiger partial charge < -0.3 is 10.5 Å². The summed E-state index contributed by atoms with van der Waals surface area (Å²) in [5.74, 6) is -1.01. The SMILES string of the molecule is Nc1nc(C(F)(F)F)nc2c1nnn2CC1CN(Cc2ncccn2)CCO1. The average Bonchev–Trinajstić information content (AvgIpc) is 3.06. The molecule has 0 amide bonds. The van der Waals surface area contributed by atoms with E-state index < -0.39 is 12.0 Å². The van der Waals surface area contributed by atoms with E-state index in [9.17, 15) is 13.2 Å². The number of anilines is 1. The molecule has 13 heteroatoms. The summed E-state index contributed by atoms with van der Waals surface area (Å²) < 4.78 is 45.9. The van der Waals surface area contributed by atoms with Gasteiger partial charge in [-0.25, -0.2) is 24.6 Å². The van der Waals surface area contributed by atoms with E-state index in [0.717, 1.165) is 0 Å². The van der Waals surface area contributed by atoms with E-state index >= 15 is 0 Å². The number of halogens is 3. The Labute approximate surface area is 156 Å². The molecule has 4 heterocycles. The fourth-order valence-electron chi connectivity index (χ4n) is 2.97. The number of nitrogen functional groups attached to an aromatic ring is 1. The van der Waals surface area contributed by atoms with Gasteiger partial charge in [0.1, 0.15) is 5.82 Å². The summed E-state index contributed by atoms with van der Waals surface area (Å²) in [6, 6.07) is 1.74. The van der Waals surface area contributed by atoms with Crippen LogP contribution < -0.4 is 5.73 Å². The molecule has 1 saturated heterocycles. The van der Waals surface area contributed by atoms with Crippen molar-refractivity contribution in [3.05, 3.63) is 30.1 Å². The molecule has 0 spiro atoms. The van der Waals surface area contributed by atoms with Gasteiger partial charge in [0.25, 0.3) is 0 Å². The minimum absolute atomic E-state index is 0.0263. The van der Waals surface area contributed by atoms with E-state index in [4.69, 9.17) is 10.5 Å². The number of fused-ring (bicyclic) bond motifs is 1. The predicted molar refractivity (Wildman–Crippen MR) is 89.6 cm³/mol. The maximum Gasteiger partial charge on any atom is 0.451 e. The lowest BCUT2D eigenvalue weighted by atomic mass is 10.2. The van der Waals surface area contributed by atoms with E-state index in [1.54, 1.807) is 18.5 Å². The highest BCUT2D eigenvalue weighted by molar-refractivity contribution is 5.80. The van der Waals surface area contributed by atoms with Gasteiger partial charge in [0.05, 0.1) is 25.8 Å². The number of aromatic nitrogens is 7. The molecule has 4 rings (SSSR count). The van der Waals surface area contributed by atoms with E-state index in [-0.39, 0.29) is 29.6 Å². The molecule has 3 aromatic rings. The summed E-state index contributed by atoms with van der Waals surface area (Å²) in [5.41, 5.74) is 5.54. The second kappa shape index (κ2) is 7.24. The van der Waals surface area contributed by atoms with Crippen LogP contribution in [-0.4, -0.2) is 65.6 Å². The van der Waals surface area contributed by atoms with E-state index in [2.05, 4.69) is 35.1 Å². The third-order valence-electron chi connectivity index (χ3n) is 4.23. The summed E-state index contributed by atoms with van der Waals surface area (Å²) in [6.07, 6.45) is -1.69. The molecule has 3 aromatic heterocycles. The summed E-state index contributed by atoms with van der Waals surface area (Å²) in [5, 5.41) is 7.68. The second-order valence-electron chi connectivity index (χ2n) is 6.27. The zero-order valence-corrected chi connectivity index (χ0v) is 14.5. The standard InChI is InChI=1S/C15H16F3N9O/c16-15(17,18)14-22-12(19)11-13(23-14)27(25-24-11)7-9-6-26(4-5-28-9)8-10-20-2-1-3-21-10/h1-3,9H,4-8H2,(H2,19,22,23). The van der Waals surface area contributed by atoms with Crippen molar-refractivity contribution in [3.63, 3.8) is 0 Å². The largest absolute Gasteiger partial charge is 0.451 e. The molecule has 10 nitrogen and oxygen atoms in total. The Balaban J connectivity index is 1.52. The number of nitrogens with two attached hydrogens (primary N) is 1. The van der Waals surface area contributed by atoms with Crippen LogP contribution in [0.2, 0.25) is 0 Å². The molecule has 28 heavy (non-hydrogen) atoms. The van der Waals surface area contributed by atoms with Crippen LogP contribution in [0.5, 0.6) is 0 Å². The summed E-state index contributed by atoms with van der Waals surface area (Å²) in [4.78, 5) is 17.3. The molecule has 1 aliphatic heterocycles. The van der Waals surface area contributed by atoms with Crippen LogP contribution in [0.1, 0.15) is 11.6 Å². The number of rotatable bonds is 4. The molecule has 1 unspecified atom stereocenters. The lowest BCUT2D eigenvalue weighted by molar-refractivity contribution is -0.144. The number of morpholine rings is 1. The molecule has 1 aliphatic rings. The monoisotopic (exact) mass is 395 g/mol. The van der Waals surface area contributed by atoms with Crippen LogP contribution in [0.25, 0.3) is 11.2 Å². The van der Waals surface area contributed by atoms with Crippen LogP contribution in [0.15, 0.2) is 18.5 Å². The molecular formula is C15H16F3N9O. The third kappa shape index (κ3) is 3.84. The quantitative estimate of drug-likeness (QED) is 0.673. The Morgan fingerprint density at radius 1 is 1.21 bits per heavy atom. The highest BCUT2D eigenvalue weighted by Crippen LogP contribution is 2.28. The van der Waals surface area contributed by atoms with E-state index in [1.807, 2.05) is 0 Å². The Bertz CT molecular complexity index is 963. The fraction of sp³-hybridized carbons (Fsp3) is 0.467. The van der Waals surface area contributed by atoms with Crippen molar-refractivity contribution in [2.75, 3.05) is 25.4 Å². The number of hydrogen-bond donors (Lipinski definition) is 1. The first-order valence-corrected chi connectivity index (χ1v) is 8.44. The minimum atomic E-state index is -4.72. The fourth-order valence-corrected chi connectivity index (χ4v) is 2.97. The van der Waals surface area contributed by atoms with Crippen LogP contribution in [0, 0.1) is 0 Å². The van der Waals surface area contributed by atoms with Gasteiger partial charge in [-0.15, -0.1) is 5.10 Å². The van der Waals surface area contributed by atoms with Gasteiger partial charge in [-0.1, -0.05) is 5.21 Å². The zero-order valence-electron chi connectivity index (χ0n) is 14.5. The molecular weight excluding hydrogens is 379 g/mol. The smallest absolute Gasteiger partial charge is 0.382 e. The molecule has 148 valence electrons. The van der Waals surface area contributed by atoms with Gasteiger partial charge in [-0.05, 0) is 6.07 Å². The number of hydrogen-bond acceptors (Lipinski definition) is 9. The molecule has 0 radical (unpaired) electrons. The van der Waals surface area contributed by atoms with Crippen molar-refractivity contribution >= 4 is 17.0 Å². The molecule has 2 N–H and O–H groups in total. The van der Waals surface area contributed by atoms with Gasteiger partial charge in [0.15, 0.2) is 17.0 Å². The van der Waals surface area contributed by atoms with Crippen molar-refractivity contribution in [2.24, 2.45) is 0 Å². The van der Waals surface area contributed by atoms with Crippen molar-refractivity contribution < 1.29 is 17.9 Å². The van der Waals surface area contributed by atoms with E-state index in [1.165, 1.54) is 4.68 Å². The third-order valence-corrected chi connectivity index (χ3v) is 4.23. The van der Waals surface area contributed by atoms with E-state index in [0.29, 0.717) is 32.1 Å². The number of nitrogens with zero attached hydrogens (tertiary/aromatic N) is 8. The van der Waals surface area contributed by atoms with Crippen LogP contribution in [0.3, 0.4) is 0 Å². The molecule has 1 fully saturated rings. The summed E-state index contributed by atoms with van der Waals surface area (Å²) in [6.45, 7) is 2.42. The Morgan fingerprint density at radius 2 is 2.00 bits per heavy atom. The Kier molecular flexibility index (Phi) is 4.77. The number of ether oxygens (including phenoxy) is 1. The van der Waals surface area contributed by atoms with Gasteiger partial charge in [0.2, 0.25) is 5.82 Å². The van der Waals surface area contributed by atoms with Gasteiger partial charge in [0, 0.05) is 25.5 Å². The average molecular weight is 395 g/mol.